The highest BCUT2D eigenvalue weighted by atomic mass is 32.2. The summed E-state index contributed by atoms with van der Waals surface area (Å²) in [6.45, 7) is 2.40. The molecule has 0 radical (unpaired) electrons. The fourth-order valence-corrected chi connectivity index (χ4v) is 5.15. The summed E-state index contributed by atoms with van der Waals surface area (Å²) in [5.74, 6) is 8.74. The van der Waals surface area contributed by atoms with Crippen molar-refractivity contribution in [2.75, 3.05) is 5.75 Å². The van der Waals surface area contributed by atoms with Crippen LogP contribution < -0.4 is 11.3 Å². The van der Waals surface area contributed by atoms with Crippen LogP contribution in [0.1, 0.15) is 64.7 Å². The molecule has 2 aliphatic carbocycles. The minimum absolute atomic E-state index is 0.541. The lowest BCUT2D eigenvalue weighted by molar-refractivity contribution is 0.235. The normalized spacial score (nSPS) is 32.3. The largest absolute Gasteiger partial charge is 0.271 e. The van der Waals surface area contributed by atoms with Gasteiger partial charge in [-0.1, -0.05) is 39.0 Å². The van der Waals surface area contributed by atoms with E-state index < -0.39 is 0 Å². The maximum atomic E-state index is 5.80. The summed E-state index contributed by atoms with van der Waals surface area (Å²) >= 11 is 2.18. The van der Waals surface area contributed by atoms with Crippen molar-refractivity contribution in [1.29, 1.82) is 0 Å². The molecule has 3 heteroatoms. The van der Waals surface area contributed by atoms with Crippen molar-refractivity contribution in [1.82, 2.24) is 5.43 Å². The van der Waals surface area contributed by atoms with E-state index in [1.165, 1.54) is 63.5 Å². The standard InChI is InChI=1S/C15H30N2S/c1-12-6-5-7-13(10-12)15(17-16)11-18-14-8-3-2-4-9-14/h12-15,17H,2-11,16H2,1H3. The van der Waals surface area contributed by atoms with Crippen molar-refractivity contribution in [2.24, 2.45) is 17.7 Å². The van der Waals surface area contributed by atoms with Crippen molar-refractivity contribution in [2.45, 2.75) is 76.0 Å². The van der Waals surface area contributed by atoms with Gasteiger partial charge in [-0.25, -0.2) is 0 Å². The molecule has 2 saturated carbocycles. The Morgan fingerprint density at radius 2 is 1.89 bits per heavy atom. The van der Waals surface area contributed by atoms with Crippen molar-refractivity contribution in [3.8, 4) is 0 Å². The maximum Gasteiger partial charge on any atom is 0.0329 e. The predicted octanol–water partition coefficient (Wildman–Crippen LogP) is 3.71. The Morgan fingerprint density at radius 3 is 2.56 bits per heavy atom. The first-order valence-electron chi connectivity index (χ1n) is 7.87. The molecule has 2 fully saturated rings. The maximum absolute atomic E-state index is 5.80. The second kappa shape index (κ2) is 7.76. The first kappa shape index (κ1) is 14.7. The summed E-state index contributed by atoms with van der Waals surface area (Å²) < 4.78 is 0. The van der Waals surface area contributed by atoms with Crippen LogP contribution >= 0.6 is 11.8 Å². The van der Waals surface area contributed by atoms with E-state index in [0.29, 0.717) is 6.04 Å². The third-order valence-electron chi connectivity index (χ3n) is 4.82. The van der Waals surface area contributed by atoms with Gasteiger partial charge in [0.15, 0.2) is 0 Å². The van der Waals surface area contributed by atoms with Gasteiger partial charge in [-0.05, 0) is 37.5 Å². The zero-order valence-corrected chi connectivity index (χ0v) is 12.7. The van der Waals surface area contributed by atoms with Gasteiger partial charge in [0.25, 0.3) is 0 Å². The smallest absolute Gasteiger partial charge is 0.0329 e. The van der Waals surface area contributed by atoms with Crippen molar-refractivity contribution in [3.05, 3.63) is 0 Å². The number of thioether (sulfide) groups is 1. The molecule has 0 aromatic heterocycles. The van der Waals surface area contributed by atoms with E-state index in [4.69, 9.17) is 5.84 Å². The molecule has 0 amide bonds. The topological polar surface area (TPSA) is 38.0 Å². The van der Waals surface area contributed by atoms with E-state index >= 15 is 0 Å². The highest BCUT2D eigenvalue weighted by Crippen LogP contribution is 2.34. The van der Waals surface area contributed by atoms with Gasteiger partial charge in [0, 0.05) is 17.0 Å². The van der Waals surface area contributed by atoms with Gasteiger partial charge >= 0.3 is 0 Å². The highest BCUT2D eigenvalue weighted by molar-refractivity contribution is 7.99. The van der Waals surface area contributed by atoms with Crippen LogP contribution in [0, 0.1) is 11.8 Å². The molecular weight excluding hydrogens is 240 g/mol. The summed E-state index contributed by atoms with van der Waals surface area (Å²) in [6, 6.07) is 0.541. The Morgan fingerprint density at radius 1 is 1.11 bits per heavy atom. The molecule has 2 aliphatic rings. The molecule has 0 saturated heterocycles. The zero-order valence-electron chi connectivity index (χ0n) is 11.9. The van der Waals surface area contributed by atoms with E-state index in [0.717, 1.165) is 17.1 Å². The van der Waals surface area contributed by atoms with Crippen LogP contribution in [0.3, 0.4) is 0 Å². The third-order valence-corrected chi connectivity index (χ3v) is 6.32. The number of hydrogen-bond acceptors (Lipinski definition) is 3. The number of nitrogens with two attached hydrogens (primary N) is 1. The molecular formula is C15H30N2S. The van der Waals surface area contributed by atoms with Crippen LogP contribution in [0.15, 0.2) is 0 Å². The minimum atomic E-state index is 0.541. The van der Waals surface area contributed by atoms with Gasteiger partial charge in [-0.2, -0.15) is 11.8 Å². The summed E-state index contributed by atoms with van der Waals surface area (Å²) in [5.41, 5.74) is 3.11. The van der Waals surface area contributed by atoms with Crippen LogP contribution in [-0.2, 0) is 0 Å². The van der Waals surface area contributed by atoms with Crippen LogP contribution in [0.2, 0.25) is 0 Å². The van der Waals surface area contributed by atoms with Crippen LogP contribution in [0.25, 0.3) is 0 Å². The predicted molar refractivity (Wildman–Crippen MR) is 81.6 cm³/mol. The second-order valence-electron chi connectivity index (χ2n) is 6.40. The Balaban J connectivity index is 1.73. The average molecular weight is 270 g/mol. The zero-order chi connectivity index (χ0) is 12.8. The summed E-state index contributed by atoms with van der Waals surface area (Å²) in [6.07, 6.45) is 12.8. The first-order valence-corrected chi connectivity index (χ1v) is 8.92. The Labute approximate surface area is 117 Å². The molecule has 0 bridgehead atoms. The van der Waals surface area contributed by atoms with Gasteiger partial charge in [0.2, 0.25) is 0 Å². The first-order chi connectivity index (χ1) is 8.79. The Bertz CT molecular complexity index is 229. The quantitative estimate of drug-likeness (QED) is 0.591. The molecule has 0 spiro atoms. The molecule has 3 unspecified atom stereocenters. The number of rotatable bonds is 5. The summed E-state index contributed by atoms with van der Waals surface area (Å²) in [5, 5.41) is 0.913. The molecule has 106 valence electrons. The highest BCUT2D eigenvalue weighted by Gasteiger charge is 2.27. The number of hydrazine groups is 1. The second-order valence-corrected chi connectivity index (χ2v) is 7.73. The Hall–Kier alpha value is 0.270. The Kier molecular flexibility index (Phi) is 6.33. The molecule has 3 N–H and O–H groups in total. The summed E-state index contributed by atoms with van der Waals surface area (Å²) in [7, 11) is 0. The summed E-state index contributed by atoms with van der Waals surface area (Å²) in [4.78, 5) is 0. The molecule has 0 heterocycles. The van der Waals surface area contributed by atoms with E-state index in [9.17, 15) is 0 Å². The van der Waals surface area contributed by atoms with E-state index in [-0.39, 0.29) is 0 Å². The molecule has 0 aromatic carbocycles. The van der Waals surface area contributed by atoms with Crippen molar-refractivity contribution in [3.63, 3.8) is 0 Å². The van der Waals surface area contributed by atoms with Crippen LogP contribution in [0.5, 0.6) is 0 Å². The van der Waals surface area contributed by atoms with E-state index in [2.05, 4.69) is 24.1 Å². The van der Waals surface area contributed by atoms with Crippen LogP contribution in [-0.4, -0.2) is 17.0 Å². The molecule has 0 aromatic rings. The van der Waals surface area contributed by atoms with E-state index in [1.807, 2.05) is 0 Å². The molecule has 2 rings (SSSR count). The fourth-order valence-electron chi connectivity index (χ4n) is 3.64. The molecule has 3 atom stereocenters. The fraction of sp³-hybridized carbons (Fsp3) is 1.00. The number of hydrogen-bond donors (Lipinski definition) is 2. The lowest BCUT2D eigenvalue weighted by atomic mass is 9.79. The van der Waals surface area contributed by atoms with Crippen molar-refractivity contribution < 1.29 is 0 Å². The monoisotopic (exact) mass is 270 g/mol. The average Bonchev–Trinajstić information content (AvgIpc) is 2.41. The van der Waals surface area contributed by atoms with Gasteiger partial charge < -0.3 is 0 Å². The van der Waals surface area contributed by atoms with Gasteiger partial charge in [0.1, 0.15) is 0 Å². The molecule has 2 nitrogen and oxygen atoms in total. The van der Waals surface area contributed by atoms with Gasteiger partial charge in [-0.3, -0.25) is 11.3 Å². The molecule has 18 heavy (non-hydrogen) atoms. The lowest BCUT2D eigenvalue weighted by Crippen LogP contribution is -2.44. The van der Waals surface area contributed by atoms with Crippen LogP contribution in [0.4, 0.5) is 0 Å². The van der Waals surface area contributed by atoms with Crippen molar-refractivity contribution >= 4 is 11.8 Å². The molecule has 0 aliphatic heterocycles. The SMILES string of the molecule is CC1CCCC(C(CSC2CCCCC2)NN)C1. The minimum Gasteiger partial charge on any atom is -0.271 e. The third kappa shape index (κ3) is 4.43. The van der Waals surface area contributed by atoms with E-state index in [1.54, 1.807) is 0 Å². The van der Waals surface area contributed by atoms with Gasteiger partial charge in [-0.15, -0.1) is 0 Å². The lowest BCUT2D eigenvalue weighted by Gasteiger charge is -2.33. The van der Waals surface area contributed by atoms with Gasteiger partial charge in [0.05, 0.1) is 0 Å². The number of nitrogens with one attached hydrogen (secondary N) is 1.